The Kier molecular flexibility index (Phi) is 3.84. The minimum atomic E-state index is -0.202. The van der Waals surface area contributed by atoms with Crippen LogP contribution in [0.5, 0.6) is 0 Å². The summed E-state index contributed by atoms with van der Waals surface area (Å²) in [6, 6.07) is 0.0636. The quantitative estimate of drug-likeness (QED) is 0.558. The van der Waals surface area contributed by atoms with E-state index in [4.69, 9.17) is 10.6 Å². The molecular weight excluding hydrogens is 192 g/mol. The van der Waals surface area contributed by atoms with Gasteiger partial charge >= 0.3 is 0 Å². The summed E-state index contributed by atoms with van der Waals surface area (Å²) in [5, 5.41) is 4.12. The molecular formula is C10H20N4O. The third-order valence-corrected chi connectivity index (χ3v) is 2.58. The average Bonchev–Trinajstić information content (AvgIpc) is 2.61. The van der Waals surface area contributed by atoms with Crippen LogP contribution in [0.1, 0.15) is 31.9 Å². The van der Waals surface area contributed by atoms with Crippen LogP contribution in [-0.2, 0) is 11.8 Å². The van der Waals surface area contributed by atoms with Gasteiger partial charge < -0.3 is 4.74 Å². The molecule has 1 rings (SSSR count). The average molecular weight is 212 g/mol. The van der Waals surface area contributed by atoms with Gasteiger partial charge in [0, 0.05) is 25.9 Å². The molecule has 0 aliphatic heterocycles. The Morgan fingerprint density at radius 1 is 1.67 bits per heavy atom. The highest BCUT2D eigenvalue weighted by molar-refractivity contribution is 5.10. The Labute approximate surface area is 90.6 Å². The summed E-state index contributed by atoms with van der Waals surface area (Å²) in [5.74, 6) is 5.53. The van der Waals surface area contributed by atoms with Crippen LogP contribution in [0.3, 0.4) is 0 Å². The van der Waals surface area contributed by atoms with Crippen LogP contribution < -0.4 is 11.3 Å². The number of rotatable bonds is 5. The third kappa shape index (κ3) is 3.30. The number of nitrogens with two attached hydrogens (primary N) is 1. The van der Waals surface area contributed by atoms with E-state index in [-0.39, 0.29) is 11.6 Å². The predicted octanol–water partition coefficient (Wildman–Crippen LogP) is 0.740. The normalized spacial score (nSPS) is 14.2. The fraction of sp³-hybridized carbons (Fsp3) is 0.700. The summed E-state index contributed by atoms with van der Waals surface area (Å²) in [6.45, 7) is 4.07. The molecule has 5 heteroatoms. The second-order valence-corrected chi connectivity index (χ2v) is 4.33. The highest BCUT2D eigenvalue weighted by Gasteiger charge is 2.23. The van der Waals surface area contributed by atoms with E-state index < -0.39 is 0 Å². The Bertz CT molecular complexity index is 308. The number of hydrogen-bond acceptors (Lipinski definition) is 4. The molecule has 1 aromatic rings. The Morgan fingerprint density at radius 3 is 2.73 bits per heavy atom. The fourth-order valence-electron chi connectivity index (χ4n) is 1.47. The maximum Gasteiger partial charge on any atom is 0.0641 e. The van der Waals surface area contributed by atoms with E-state index in [9.17, 15) is 0 Å². The number of nitrogens with zero attached hydrogens (tertiary/aromatic N) is 2. The van der Waals surface area contributed by atoms with E-state index >= 15 is 0 Å². The molecule has 0 aliphatic carbocycles. The van der Waals surface area contributed by atoms with Gasteiger partial charge in [0.25, 0.3) is 0 Å². The number of ether oxygens (including phenoxy) is 1. The molecule has 5 nitrogen and oxygen atoms in total. The first-order valence-corrected chi connectivity index (χ1v) is 4.98. The molecule has 0 aliphatic rings. The molecule has 1 atom stereocenters. The molecule has 0 amide bonds. The molecule has 86 valence electrons. The lowest BCUT2D eigenvalue weighted by molar-refractivity contribution is 0.00681. The van der Waals surface area contributed by atoms with Crippen molar-refractivity contribution in [2.45, 2.75) is 31.9 Å². The molecule has 1 aromatic heterocycles. The van der Waals surface area contributed by atoms with Crippen molar-refractivity contribution in [1.29, 1.82) is 0 Å². The van der Waals surface area contributed by atoms with Gasteiger partial charge in [-0.05, 0) is 20.3 Å². The molecule has 0 fully saturated rings. The molecule has 1 unspecified atom stereocenters. The molecule has 1 heterocycles. The van der Waals surface area contributed by atoms with Crippen LogP contribution in [0.4, 0.5) is 0 Å². The van der Waals surface area contributed by atoms with E-state index in [1.54, 1.807) is 11.8 Å². The minimum absolute atomic E-state index is 0.0636. The third-order valence-electron chi connectivity index (χ3n) is 2.58. The standard InChI is InChI=1S/C10H20N4O/c1-10(2,15-4)5-9(13-11)8-6-12-14(3)7-8/h6-7,9,13H,5,11H2,1-4H3. The second-order valence-electron chi connectivity index (χ2n) is 4.33. The number of aryl methyl sites for hydroxylation is 1. The smallest absolute Gasteiger partial charge is 0.0641 e. The highest BCUT2D eigenvalue weighted by atomic mass is 16.5. The number of hydrazine groups is 1. The molecule has 0 aromatic carbocycles. The summed E-state index contributed by atoms with van der Waals surface area (Å²) in [7, 11) is 3.59. The number of hydrogen-bond donors (Lipinski definition) is 2. The van der Waals surface area contributed by atoms with Gasteiger partial charge in [-0.3, -0.25) is 16.0 Å². The van der Waals surface area contributed by atoms with Gasteiger partial charge in [-0.25, -0.2) is 0 Å². The summed E-state index contributed by atoms with van der Waals surface area (Å²) >= 11 is 0. The van der Waals surface area contributed by atoms with Crippen LogP contribution in [0.25, 0.3) is 0 Å². The van der Waals surface area contributed by atoms with Gasteiger partial charge in [-0.15, -0.1) is 0 Å². The number of nitrogens with one attached hydrogen (secondary N) is 1. The monoisotopic (exact) mass is 212 g/mol. The van der Waals surface area contributed by atoms with Crippen LogP contribution in [0.15, 0.2) is 12.4 Å². The Hall–Kier alpha value is -0.910. The van der Waals surface area contributed by atoms with E-state index in [2.05, 4.69) is 10.5 Å². The van der Waals surface area contributed by atoms with E-state index in [0.29, 0.717) is 0 Å². The molecule has 0 spiro atoms. The van der Waals surface area contributed by atoms with E-state index in [0.717, 1.165) is 12.0 Å². The van der Waals surface area contributed by atoms with Gasteiger partial charge in [-0.2, -0.15) is 5.10 Å². The first kappa shape index (κ1) is 12.2. The van der Waals surface area contributed by atoms with E-state index in [1.165, 1.54) is 0 Å². The lowest BCUT2D eigenvalue weighted by Crippen LogP contribution is -2.35. The zero-order valence-electron chi connectivity index (χ0n) is 9.82. The molecule has 0 radical (unpaired) electrons. The molecule has 0 saturated heterocycles. The van der Waals surface area contributed by atoms with Gasteiger partial charge in [0.1, 0.15) is 0 Å². The van der Waals surface area contributed by atoms with Crippen molar-refractivity contribution < 1.29 is 4.74 Å². The lowest BCUT2D eigenvalue weighted by Gasteiger charge is -2.27. The summed E-state index contributed by atoms with van der Waals surface area (Å²) < 4.78 is 7.14. The van der Waals surface area contributed by atoms with Crippen molar-refractivity contribution in [3.05, 3.63) is 18.0 Å². The van der Waals surface area contributed by atoms with Gasteiger partial charge in [0.05, 0.1) is 17.8 Å². The molecule has 0 saturated carbocycles. The van der Waals surface area contributed by atoms with Crippen molar-refractivity contribution in [1.82, 2.24) is 15.2 Å². The largest absolute Gasteiger partial charge is 0.379 e. The van der Waals surface area contributed by atoms with Crippen molar-refractivity contribution in [2.24, 2.45) is 12.9 Å². The van der Waals surface area contributed by atoms with Crippen molar-refractivity contribution >= 4 is 0 Å². The zero-order chi connectivity index (χ0) is 11.5. The van der Waals surface area contributed by atoms with Crippen LogP contribution in [0, 0.1) is 0 Å². The maximum atomic E-state index is 5.53. The topological polar surface area (TPSA) is 65.1 Å². The van der Waals surface area contributed by atoms with Gasteiger partial charge in [0.2, 0.25) is 0 Å². The molecule has 15 heavy (non-hydrogen) atoms. The fourth-order valence-corrected chi connectivity index (χ4v) is 1.47. The van der Waals surface area contributed by atoms with Crippen molar-refractivity contribution in [3.63, 3.8) is 0 Å². The lowest BCUT2D eigenvalue weighted by atomic mass is 9.96. The van der Waals surface area contributed by atoms with Gasteiger partial charge in [-0.1, -0.05) is 0 Å². The van der Waals surface area contributed by atoms with Crippen LogP contribution >= 0.6 is 0 Å². The van der Waals surface area contributed by atoms with Gasteiger partial charge in [0.15, 0.2) is 0 Å². The first-order valence-electron chi connectivity index (χ1n) is 4.98. The molecule has 0 bridgehead atoms. The molecule has 3 N–H and O–H groups in total. The van der Waals surface area contributed by atoms with Crippen LogP contribution in [-0.4, -0.2) is 22.5 Å². The second kappa shape index (κ2) is 4.74. The van der Waals surface area contributed by atoms with Crippen molar-refractivity contribution in [2.75, 3.05) is 7.11 Å². The summed E-state index contributed by atoms with van der Waals surface area (Å²) in [5.41, 5.74) is 3.66. The Balaban J connectivity index is 2.72. The first-order chi connectivity index (χ1) is 6.98. The van der Waals surface area contributed by atoms with Crippen molar-refractivity contribution in [3.8, 4) is 0 Å². The predicted molar refractivity (Wildman–Crippen MR) is 59.0 cm³/mol. The van der Waals surface area contributed by atoms with Crippen LogP contribution in [0.2, 0.25) is 0 Å². The maximum absolute atomic E-state index is 5.53. The minimum Gasteiger partial charge on any atom is -0.379 e. The Morgan fingerprint density at radius 2 is 2.33 bits per heavy atom. The SMILES string of the molecule is COC(C)(C)CC(NN)c1cnn(C)c1. The summed E-state index contributed by atoms with van der Waals surface area (Å²) in [4.78, 5) is 0. The number of methoxy groups -OCH3 is 1. The zero-order valence-corrected chi connectivity index (χ0v) is 9.82. The highest BCUT2D eigenvalue weighted by Crippen LogP contribution is 2.24. The van der Waals surface area contributed by atoms with E-state index in [1.807, 2.05) is 33.3 Å². The summed E-state index contributed by atoms with van der Waals surface area (Å²) in [6.07, 6.45) is 4.57. The number of aromatic nitrogens is 2.